The summed E-state index contributed by atoms with van der Waals surface area (Å²) in [5.41, 5.74) is 0. The van der Waals surface area contributed by atoms with Crippen LogP contribution in [0, 0.1) is 0 Å². The molecule has 0 aromatic rings. The van der Waals surface area contributed by atoms with E-state index in [1.807, 2.05) is 0 Å². The van der Waals surface area contributed by atoms with Gasteiger partial charge in [0.1, 0.15) is 0 Å². The Balaban J connectivity index is 0. The third kappa shape index (κ3) is 33.0. The van der Waals surface area contributed by atoms with Gasteiger partial charge in [-0.1, -0.05) is 39.0 Å². The minimum Gasteiger partial charge on any atom is -0.478 e. The zero-order valence-electron chi connectivity index (χ0n) is 18.1. The summed E-state index contributed by atoms with van der Waals surface area (Å²) in [7, 11) is 0. The van der Waals surface area contributed by atoms with Gasteiger partial charge in [0, 0.05) is 12.2 Å². The van der Waals surface area contributed by atoms with E-state index in [4.69, 9.17) is 10.2 Å². The van der Waals surface area contributed by atoms with Crippen molar-refractivity contribution in [1.29, 1.82) is 0 Å². The molecule has 0 aliphatic carbocycles. The van der Waals surface area contributed by atoms with Gasteiger partial charge in [-0.2, -0.15) is 0 Å². The van der Waals surface area contributed by atoms with Crippen molar-refractivity contribution < 1.29 is 24.6 Å². The van der Waals surface area contributed by atoms with E-state index in [0.717, 1.165) is 40.8 Å². The van der Waals surface area contributed by atoms with Crippen LogP contribution >= 0.6 is 0 Å². The van der Waals surface area contributed by atoms with Crippen molar-refractivity contribution in [2.45, 2.75) is 110 Å². The van der Waals surface area contributed by atoms with Crippen LogP contribution in [-0.2, 0) is 14.4 Å². The fourth-order valence-electron chi connectivity index (χ4n) is 2.89. The van der Waals surface area contributed by atoms with E-state index >= 15 is 0 Å². The van der Waals surface area contributed by atoms with Gasteiger partial charge < -0.3 is 10.2 Å². The van der Waals surface area contributed by atoms with E-state index in [9.17, 15) is 14.4 Å². The van der Waals surface area contributed by atoms with Crippen LogP contribution in [0.15, 0.2) is 12.2 Å². The fourth-order valence-corrected chi connectivity index (χ4v) is 3.24. The van der Waals surface area contributed by atoms with Gasteiger partial charge in [-0.25, -0.2) is 9.59 Å². The molecule has 28 heavy (non-hydrogen) atoms. The first kappa shape index (κ1) is 29.6. The molecule has 0 amide bonds. The van der Waals surface area contributed by atoms with E-state index in [-0.39, 0.29) is 0 Å². The summed E-state index contributed by atoms with van der Waals surface area (Å²) in [5.74, 6) is -2.51. The summed E-state index contributed by atoms with van der Waals surface area (Å²) in [6.45, 7) is 2.28. The molecule has 2 N–H and O–H groups in total. The zero-order valence-corrected chi connectivity index (χ0v) is 20.1. The second-order valence-electron chi connectivity index (χ2n) is 7.41. The number of carboxylic acid groups (broad SMARTS) is 2. The maximum absolute atomic E-state index is 10.8. The summed E-state index contributed by atoms with van der Waals surface area (Å²) in [4.78, 5) is 29.9. The van der Waals surface area contributed by atoms with Crippen LogP contribution in [0.3, 0.4) is 0 Å². The van der Waals surface area contributed by atoms with Crippen molar-refractivity contribution in [1.82, 2.24) is 0 Å². The van der Waals surface area contributed by atoms with Crippen LogP contribution in [0.4, 0.5) is 0 Å². The van der Waals surface area contributed by atoms with Crippen molar-refractivity contribution in [3.8, 4) is 0 Å². The third-order valence-corrected chi connectivity index (χ3v) is 5.00. The number of carbonyl (C=O) groups is 3. The average Bonchev–Trinajstić information content (AvgIpc) is 2.63. The Morgan fingerprint density at radius 1 is 0.607 bits per heavy atom. The van der Waals surface area contributed by atoms with Gasteiger partial charge in [0.05, 0.1) is 0 Å². The molecule has 0 aromatic heterocycles. The Labute approximate surface area is 188 Å². The second kappa shape index (κ2) is 24.4. The SMILES string of the molecule is CCCCCCCCCCCCCCCCC[C](=O)[Na].O=C(O)/C=C/C(=O)O. The Morgan fingerprint density at radius 3 is 1.14 bits per heavy atom. The van der Waals surface area contributed by atoms with Gasteiger partial charge in [0.25, 0.3) is 0 Å². The topological polar surface area (TPSA) is 91.7 Å². The van der Waals surface area contributed by atoms with Gasteiger partial charge in [-0.05, 0) is 0 Å². The van der Waals surface area contributed by atoms with E-state index < -0.39 is 11.9 Å². The Bertz CT molecular complexity index is 405. The summed E-state index contributed by atoms with van der Waals surface area (Å²) in [5, 5.41) is 15.6. The maximum Gasteiger partial charge on any atom is 0.328 e. The standard InChI is InChI=1S/C18H35O.C4H4O4.Na/c1-2-3-4-5-6-7-8-9-10-11-12-13-14-15-16-17-18-19;5-3(6)1-2-4(7)8;/h2-17H2,1H3;1-2H,(H,5,6)(H,7,8);/b;2-1+;. The van der Waals surface area contributed by atoms with Crippen LogP contribution in [-0.4, -0.2) is 53.1 Å². The first-order chi connectivity index (χ1) is 13.4. The Morgan fingerprint density at radius 2 is 0.893 bits per heavy atom. The number of unbranched alkanes of at least 4 members (excludes halogenated alkanes) is 14. The number of aliphatic carboxylic acids is 2. The van der Waals surface area contributed by atoms with Gasteiger partial charge >= 0.3 is 118 Å². The molecular weight excluding hydrogens is 367 g/mol. The maximum atomic E-state index is 10.8. The minimum absolute atomic E-state index is 0.486. The average molecular weight is 407 g/mol. The minimum atomic E-state index is -1.26. The van der Waals surface area contributed by atoms with Crippen LogP contribution < -0.4 is 0 Å². The van der Waals surface area contributed by atoms with Gasteiger partial charge in [0.2, 0.25) is 0 Å². The molecule has 0 atom stereocenters. The summed E-state index contributed by atoms with van der Waals surface area (Å²) in [6, 6.07) is 0. The third-order valence-electron chi connectivity index (χ3n) is 4.50. The van der Waals surface area contributed by atoms with E-state index in [0.29, 0.717) is 15.2 Å². The molecule has 0 spiro atoms. The summed E-state index contributed by atoms with van der Waals surface area (Å²) >= 11 is 0.751. The van der Waals surface area contributed by atoms with Gasteiger partial charge in [-0.15, -0.1) is 0 Å². The van der Waals surface area contributed by atoms with Crippen molar-refractivity contribution in [3.05, 3.63) is 12.2 Å². The van der Waals surface area contributed by atoms with Crippen molar-refractivity contribution in [3.63, 3.8) is 0 Å². The van der Waals surface area contributed by atoms with Crippen LogP contribution in [0.5, 0.6) is 0 Å². The molecule has 0 unspecified atom stereocenters. The second-order valence-corrected chi connectivity index (χ2v) is 8.53. The molecule has 0 aliphatic rings. The van der Waals surface area contributed by atoms with Crippen LogP contribution in [0.2, 0.25) is 0 Å². The van der Waals surface area contributed by atoms with E-state index in [2.05, 4.69) is 6.92 Å². The molecule has 0 rings (SSSR count). The first-order valence-electron chi connectivity index (χ1n) is 11.0. The predicted molar refractivity (Wildman–Crippen MR) is 115 cm³/mol. The normalized spacial score (nSPS) is 10.5. The molecular formula is C22H39NaO5. The molecule has 6 heteroatoms. The van der Waals surface area contributed by atoms with Crippen LogP contribution in [0.25, 0.3) is 0 Å². The molecule has 0 saturated heterocycles. The molecule has 158 valence electrons. The Kier molecular flexibility index (Phi) is 25.7. The molecule has 0 fully saturated rings. The van der Waals surface area contributed by atoms with Gasteiger partial charge in [-0.3, -0.25) is 0 Å². The van der Waals surface area contributed by atoms with E-state index in [1.54, 1.807) is 0 Å². The zero-order chi connectivity index (χ0) is 21.5. The first-order valence-corrected chi connectivity index (χ1v) is 12.0. The quantitative estimate of drug-likeness (QED) is 0.174. The Hall–Kier alpha value is -0.650. The van der Waals surface area contributed by atoms with Crippen molar-refractivity contribution >= 4 is 42.9 Å². The molecule has 0 radical (unpaired) electrons. The number of carboxylic acids is 2. The van der Waals surface area contributed by atoms with Crippen LogP contribution in [0.1, 0.15) is 110 Å². The predicted octanol–water partition coefficient (Wildman–Crippen LogP) is 5.65. The van der Waals surface area contributed by atoms with Crippen molar-refractivity contribution in [2.24, 2.45) is 0 Å². The number of carbonyl (C=O) groups excluding carboxylic acids is 1. The molecule has 0 bridgehead atoms. The largest absolute Gasteiger partial charge is 0.478 e. The van der Waals surface area contributed by atoms with E-state index in [1.165, 1.54) is 89.9 Å². The van der Waals surface area contributed by atoms with Crippen molar-refractivity contribution in [2.75, 3.05) is 0 Å². The fraction of sp³-hybridized carbons (Fsp3) is 0.773. The summed E-state index contributed by atoms with van der Waals surface area (Å²) < 4.78 is 0.486. The van der Waals surface area contributed by atoms with Gasteiger partial charge in [0.15, 0.2) is 0 Å². The molecule has 0 aromatic carbocycles. The molecule has 5 nitrogen and oxygen atoms in total. The molecule has 0 heterocycles. The smallest absolute Gasteiger partial charge is 0.328 e. The number of rotatable bonds is 18. The molecule has 0 saturated carbocycles. The number of hydrogen-bond acceptors (Lipinski definition) is 3. The summed E-state index contributed by atoms with van der Waals surface area (Å²) in [6.07, 6.45) is 22.9. The number of hydrogen-bond donors (Lipinski definition) is 2. The molecule has 0 aliphatic heterocycles. The monoisotopic (exact) mass is 406 g/mol.